The summed E-state index contributed by atoms with van der Waals surface area (Å²) >= 11 is 0. The lowest BCUT2D eigenvalue weighted by molar-refractivity contribution is -0.117. The maximum atomic E-state index is 11.8. The Morgan fingerprint density at radius 1 is 1.50 bits per heavy atom. The van der Waals surface area contributed by atoms with E-state index in [1.165, 1.54) is 0 Å². The summed E-state index contributed by atoms with van der Waals surface area (Å²) < 4.78 is 11.2. The zero-order valence-electron chi connectivity index (χ0n) is 10.8. The van der Waals surface area contributed by atoms with Crippen molar-refractivity contribution in [1.82, 2.24) is 9.97 Å². The Hall–Kier alpha value is -1.40. The van der Waals surface area contributed by atoms with Crippen LogP contribution in [0.4, 0.5) is 5.82 Å². The molecule has 1 aliphatic rings. The summed E-state index contributed by atoms with van der Waals surface area (Å²) in [5.41, 5.74) is 5.43. The minimum absolute atomic E-state index is 0.205. The first-order valence-electron chi connectivity index (χ1n) is 6.17. The fourth-order valence-corrected chi connectivity index (χ4v) is 2.19. The van der Waals surface area contributed by atoms with E-state index >= 15 is 0 Å². The van der Waals surface area contributed by atoms with Gasteiger partial charge >= 0.3 is 0 Å². The van der Waals surface area contributed by atoms with E-state index in [1.807, 2.05) is 6.92 Å². The van der Waals surface area contributed by atoms with Gasteiger partial charge in [-0.2, -0.15) is 0 Å². The number of aromatic nitrogens is 2. The molecule has 1 aliphatic heterocycles. The predicted molar refractivity (Wildman–Crippen MR) is 67.4 cm³/mol. The molecule has 6 nitrogen and oxygen atoms in total. The number of anilines is 1. The van der Waals surface area contributed by atoms with Gasteiger partial charge < -0.3 is 20.2 Å². The van der Waals surface area contributed by atoms with E-state index in [9.17, 15) is 4.79 Å². The summed E-state index contributed by atoms with van der Waals surface area (Å²) in [4.78, 5) is 18.9. The summed E-state index contributed by atoms with van der Waals surface area (Å²) in [6.45, 7) is 5.32. The molecule has 18 heavy (non-hydrogen) atoms. The maximum Gasteiger partial charge on any atom is 0.255 e. The molecule has 0 radical (unpaired) electrons. The molecule has 0 unspecified atom stereocenters. The van der Waals surface area contributed by atoms with E-state index in [1.54, 1.807) is 6.92 Å². The molecule has 1 aromatic heterocycles. The number of rotatable bonds is 3. The smallest absolute Gasteiger partial charge is 0.255 e. The molecule has 0 spiro atoms. The molecule has 1 saturated heterocycles. The zero-order valence-corrected chi connectivity index (χ0v) is 10.8. The number of ether oxygens (including phenoxy) is 2. The molecule has 0 atom stereocenters. The average molecular weight is 253 g/mol. The monoisotopic (exact) mass is 253 g/mol. The zero-order chi connectivity index (χ0) is 13.2. The summed E-state index contributed by atoms with van der Waals surface area (Å²) in [6, 6.07) is 0. The van der Waals surface area contributed by atoms with Crippen LogP contribution in [0.2, 0.25) is 0 Å². The highest BCUT2D eigenvalue weighted by Crippen LogP contribution is 2.33. The van der Waals surface area contributed by atoms with E-state index < -0.39 is 5.60 Å². The van der Waals surface area contributed by atoms with Crippen LogP contribution in [0.25, 0.3) is 0 Å². The highest BCUT2D eigenvalue weighted by molar-refractivity contribution is 5.37. The van der Waals surface area contributed by atoms with Crippen molar-refractivity contribution < 1.29 is 9.47 Å². The molecule has 2 rings (SSSR count). The molecule has 0 bridgehead atoms. The molecule has 100 valence electrons. The van der Waals surface area contributed by atoms with Crippen LogP contribution in [0.3, 0.4) is 0 Å². The third kappa shape index (κ3) is 2.26. The molecule has 6 heteroatoms. The van der Waals surface area contributed by atoms with Gasteiger partial charge in [0, 0.05) is 32.7 Å². The number of H-pyrrole nitrogens is 1. The van der Waals surface area contributed by atoms with Gasteiger partial charge in [0.05, 0.1) is 5.56 Å². The van der Waals surface area contributed by atoms with Gasteiger partial charge in [0.15, 0.2) is 0 Å². The molecule has 0 aliphatic carbocycles. The normalized spacial score (nSPS) is 18.8. The van der Waals surface area contributed by atoms with Gasteiger partial charge in [0.25, 0.3) is 5.56 Å². The van der Waals surface area contributed by atoms with Crippen molar-refractivity contribution in [3.8, 4) is 0 Å². The molecule has 3 N–H and O–H groups in total. The first kappa shape index (κ1) is 13.0. The summed E-state index contributed by atoms with van der Waals surface area (Å²) in [6.07, 6.45) is 1.35. The number of nitrogens with zero attached hydrogens (tertiary/aromatic N) is 1. The van der Waals surface area contributed by atoms with Crippen LogP contribution >= 0.6 is 0 Å². The molecule has 0 aromatic carbocycles. The van der Waals surface area contributed by atoms with Crippen LogP contribution in [0.5, 0.6) is 0 Å². The van der Waals surface area contributed by atoms with Crippen molar-refractivity contribution in [3.63, 3.8) is 0 Å². The summed E-state index contributed by atoms with van der Waals surface area (Å²) in [5.74, 6) is 0.778. The first-order chi connectivity index (χ1) is 8.59. The van der Waals surface area contributed by atoms with Gasteiger partial charge in [-0.15, -0.1) is 0 Å². The summed E-state index contributed by atoms with van der Waals surface area (Å²) in [7, 11) is 0. The van der Waals surface area contributed by atoms with Crippen molar-refractivity contribution in [3.05, 3.63) is 21.7 Å². The Morgan fingerprint density at radius 2 is 2.17 bits per heavy atom. The fraction of sp³-hybridized carbons (Fsp3) is 0.667. The number of hydrogen-bond donors (Lipinski definition) is 2. The van der Waals surface area contributed by atoms with Crippen LogP contribution in [-0.2, 0) is 15.1 Å². The van der Waals surface area contributed by atoms with Crippen molar-refractivity contribution >= 4 is 5.82 Å². The second-order valence-electron chi connectivity index (χ2n) is 4.46. The molecular weight excluding hydrogens is 234 g/mol. The van der Waals surface area contributed by atoms with Crippen molar-refractivity contribution in [2.24, 2.45) is 0 Å². The Balaban J connectivity index is 2.45. The number of nitrogens with two attached hydrogens (primary N) is 1. The Kier molecular flexibility index (Phi) is 3.68. The van der Waals surface area contributed by atoms with Gasteiger partial charge in [-0.3, -0.25) is 4.79 Å². The minimum Gasteiger partial charge on any atom is -0.383 e. The first-order valence-corrected chi connectivity index (χ1v) is 6.17. The Labute approximate surface area is 106 Å². The van der Waals surface area contributed by atoms with Crippen LogP contribution in [0, 0.1) is 6.92 Å². The number of nitrogens with one attached hydrogen (secondary N) is 1. The fourth-order valence-electron chi connectivity index (χ4n) is 2.19. The molecule has 1 aromatic rings. The van der Waals surface area contributed by atoms with E-state index in [-0.39, 0.29) is 11.4 Å². The topological polar surface area (TPSA) is 90.2 Å². The third-order valence-electron chi connectivity index (χ3n) is 3.34. The van der Waals surface area contributed by atoms with Gasteiger partial charge in [-0.1, -0.05) is 0 Å². The second kappa shape index (κ2) is 5.07. The molecule has 2 heterocycles. The standard InChI is InChI=1S/C12H19N3O3/c1-3-18-12(4-6-17-7-5-12)11-14-9(13)8(2)10(16)15-11/h3-7H2,1-2H3,(H3,13,14,15,16). The van der Waals surface area contributed by atoms with Gasteiger partial charge in [0.2, 0.25) is 0 Å². The second-order valence-corrected chi connectivity index (χ2v) is 4.46. The Bertz CT molecular complexity index is 472. The van der Waals surface area contributed by atoms with E-state index in [4.69, 9.17) is 15.2 Å². The van der Waals surface area contributed by atoms with E-state index in [0.717, 1.165) is 0 Å². The van der Waals surface area contributed by atoms with Crippen molar-refractivity contribution in [2.75, 3.05) is 25.6 Å². The molecule has 0 amide bonds. The highest BCUT2D eigenvalue weighted by Gasteiger charge is 2.38. The van der Waals surface area contributed by atoms with Gasteiger partial charge in [-0.25, -0.2) is 4.98 Å². The SMILES string of the molecule is CCOC1(c2nc(N)c(C)c(=O)[nH]2)CCOCC1. The largest absolute Gasteiger partial charge is 0.383 e. The highest BCUT2D eigenvalue weighted by atomic mass is 16.5. The molecule has 1 fully saturated rings. The minimum atomic E-state index is -0.575. The van der Waals surface area contributed by atoms with E-state index in [0.29, 0.717) is 44.1 Å². The van der Waals surface area contributed by atoms with Crippen molar-refractivity contribution in [2.45, 2.75) is 32.3 Å². The quantitative estimate of drug-likeness (QED) is 0.827. The lowest BCUT2D eigenvalue weighted by atomic mass is 9.92. The summed E-state index contributed by atoms with van der Waals surface area (Å²) in [5, 5.41) is 0. The average Bonchev–Trinajstić information content (AvgIpc) is 2.37. The van der Waals surface area contributed by atoms with Crippen LogP contribution in [0.15, 0.2) is 4.79 Å². The van der Waals surface area contributed by atoms with Crippen LogP contribution < -0.4 is 11.3 Å². The van der Waals surface area contributed by atoms with Crippen LogP contribution in [0.1, 0.15) is 31.2 Å². The van der Waals surface area contributed by atoms with Gasteiger partial charge in [-0.05, 0) is 13.8 Å². The Morgan fingerprint density at radius 3 is 2.72 bits per heavy atom. The molecule has 0 saturated carbocycles. The lowest BCUT2D eigenvalue weighted by Crippen LogP contribution is -2.40. The third-order valence-corrected chi connectivity index (χ3v) is 3.34. The number of nitrogen functional groups attached to an aromatic ring is 1. The molecular formula is C12H19N3O3. The predicted octanol–water partition coefficient (Wildman–Crippen LogP) is 0.703. The van der Waals surface area contributed by atoms with Gasteiger partial charge in [0.1, 0.15) is 17.2 Å². The maximum absolute atomic E-state index is 11.8. The number of hydrogen-bond acceptors (Lipinski definition) is 5. The lowest BCUT2D eigenvalue weighted by Gasteiger charge is -2.35. The van der Waals surface area contributed by atoms with Crippen molar-refractivity contribution in [1.29, 1.82) is 0 Å². The van der Waals surface area contributed by atoms with Crippen LogP contribution in [-0.4, -0.2) is 29.8 Å². The van der Waals surface area contributed by atoms with E-state index in [2.05, 4.69) is 9.97 Å². The number of aromatic amines is 1.